The lowest BCUT2D eigenvalue weighted by Crippen LogP contribution is -1.98. The SMILES string of the molecule is CCOc1cc(NN=Cc2ccccc2)ncn1. The molecule has 0 atom stereocenters. The van der Waals surface area contributed by atoms with Gasteiger partial charge in [0.1, 0.15) is 6.33 Å². The first-order chi connectivity index (χ1) is 8.88. The Labute approximate surface area is 106 Å². The van der Waals surface area contributed by atoms with Crippen molar-refractivity contribution >= 4 is 12.0 Å². The first kappa shape index (κ1) is 12.0. The molecule has 92 valence electrons. The normalized spacial score (nSPS) is 10.5. The number of aromatic nitrogens is 2. The van der Waals surface area contributed by atoms with Gasteiger partial charge in [-0.2, -0.15) is 5.10 Å². The van der Waals surface area contributed by atoms with Gasteiger partial charge in [-0.05, 0) is 12.5 Å². The highest BCUT2D eigenvalue weighted by atomic mass is 16.5. The molecular weight excluding hydrogens is 228 g/mol. The second-order valence-electron chi connectivity index (χ2n) is 3.46. The Kier molecular flexibility index (Phi) is 4.24. The summed E-state index contributed by atoms with van der Waals surface area (Å²) in [6.45, 7) is 2.48. The average Bonchev–Trinajstić information content (AvgIpc) is 2.41. The van der Waals surface area contributed by atoms with Crippen LogP contribution in [0.2, 0.25) is 0 Å². The Hall–Kier alpha value is -2.43. The van der Waals surface area contributed by atoms with Crippen molar-refractivity contribution in [2.24, 2.45) is 5.10 Å². The molecule has 0 amide bonds. The van der Waals surface area contributed by atoms with Crippen molar-refractivity contribution in [1.29, 1.82) is 0 Å². The number of hydrazone groups is 1. The Morgan fingerprint density at radius 3 is 2.89 bits per heavy atom. The number of hydrogen-bond acceptors (Lipinski definition) is 5. The van der Waals surface area contributed by atoms with Crippen LogP contribution < -0.4 is 10.2 Å². The Bertz CT molecular complexity index is 513. The maximum Gasteiger partial charge on any atom is 0.218 e. The Morgan fingerprint density at radius 1 is 1.28 bits per heavy atom. The van der Waals surface area contributed by atoms with Gasteiger partial charge in [0.15, 0.2) is 5.82 Å². The van der Waals surface area contributed by atoms with E-state index in [1.807, 2.05) is 37.3 Å². The van der Waals surface area contributed by atoms with Crippen LogP contribution in [0.25, 0.3) is 0 Å². The van der Waals surface area contributed by atoms with E-state index in [1.165, 1.54) is 6.33 Å². The summed E-state index contributed by atoms with van der Waals surface area (Å²) in [5.41, 5.74) is 3.85. The molecule has 1 heterocycles. The van der Waals surface area contributed by atoms with E-state index < -0.39 is 0 Å². The van der Waals surface area contributed by atoms with Crippen LogP contribution in [-0.2, 0) is 0 Å². The molecule has 0 unspecified atom stereocenters. The molecular formula is C13H14N4O. The molecule has 0 aliphatic heterocycles. The van der Waals surface area contributed by atoms with Gasteiger partial charge in [0.2, 0.25) is 5.88 Å². The maximum atomic E-state index is 5.27. The fourth-order valence-corrected chi connectivity index (χ4v) is 1.34. The number of ether oxygens (including phenoxy) is 1. The second-order valence-corrected chi connectivity index (χ2v) is 3.46. The molecule has 5 heteroatoms. The first-order valence-corrected chi connectivity index (χ1v) is 5.67. The number of nitrogens with one attached hydrogen (secondary N) is 1. The van der Waals surface area contributed by atoms with Crippen molar-refractivity contribution in [1.82, 2.24) is 9.97 Å². The predicted octanol–water partition coefficient (Wildman–Crippen LogP) is 2.32. The van der Waals surface area contributed by atoms with Gasteiger partial charge in [0, 0.05) is 6.07 Å². The molecule has 5 nitrogen and oxygen atoms in total. The second kappa shape index (κ2) is 6.34. The minimum atomic E-state index is 0.532. The summed E-state index contributed by atoms with van der Waals surface area (Å²) in [6.07, 6.45) is 3.16. The first-order valence-electron chi connectivity index (χ1n) is 5.67. The van der Waals surface area contributed by atoms with Crippen molar-refractivity contribution in [3.05, 3.63) is 48.3 Å². The molecule has 2 rings (SSSR count). The fourth-order valence-electron chi connectivity index (χ4n) is 1.34. The molecule has 0 radical (unpaired) electrons. The van der Waals surface area contributed by atoms with Gasteiger partial charge in [-0.3, -0.25) is 5.43 Å². The van der Waals surface area contributed by atoms with Crippen LogP contribution in [0.4, 0.5) is 5.82 Å². The number of hydrogen-bond donors (Lipinski definition) is 1. The summed E-state index contributed by atoms with van der Waals surface area (Å²) < 4.78 is 5.27. The molecule has 18 heavy (non-hydrogen) atoms. The molecule has 0 bridgehead atoms. The van der Waals surface area contributed by atoms with Crippen LogP contribution in [0.3, 0.4) is 0 Å². The van der Waals surface area contributed by atoms with Crippen molar-refractivity contribution in [2.75, 3.05) is 12.0 Å². The summed E-state index contributed by atoms with van der Waals surface area (Å²) in [7, 11) is 0. The molecule has 0 saturated heterocycles. The zero-order valence-electron chi connectivity index (χ0n) is 10.1. The van der Waals surface area contributed by atoms with E-state index in [9.17, 15) is 0 Å². The quantitative estimate of drug-likeness (QED) is 0.645. The fraction of sp³-hybridized carbons (Fsp3) is 0.154. The zero-order chi connectivity index (χ0) is 12.6. The molecule has 0 saturated carbocycles. The van der Waals surface area contributed by atoms with Crippen molar-refractivity contribution in [2.45, 2.75) is 6.92 Å². The molecule has 0 fully saturated rings. The lowest BCUT2D eigenvalue weighted by atomic mass is 10.2. The minimum Gasteiger partial charge on any atom is -0.478 e. The van der Waals surface area contributed by atoms with Gasteiger partial charge in [0.05, 0.1) is 12.8 Å². The van der Waals surface area contributed by atoms with Crippen molar-refractivity contribution in [3.63, 3.8) is 0 Å². The predicted molar refractivity (Wildman–Crippen MR) is 70.9 cm³/mol. The highest BCUT2D eigenvalue weighted by Crippen LogP contribution is 2.10. The number of nitrogens with zero attached hydrogens (tertiary/aromatic N) is 3. The van der Waals surface area contributed by atoms with E-state index in [0.717, 1.165) is 5.56 Å². The Morgan fingerprint density at radius 2 is 2.11 bits per heavy atom. The van der Waals surface area contributed by atoms with Crippen molar-refractivity contribution in [3.8, 4) is 5.88 Å². The molecule has 0 aliphatic rings. The van der Waals surface area contributed by atoms with Gasteiger partial charge in [-0.25, -0.2) is 9.97 Å². The minimum absolute atomic E-state index is 0.532. The van der Waals surface area contributed by atoms with Crippen LogP contribution in [0.1, 0.15) is 12.5 Å². The zero-order valence-corrected chi connectivity index (χ0v) is 10.1. The lowest BCUT2D eigenvalue weighted by Gasteiger charge is -2.03. The standard InChI is InChI=1S/C13H14N4O/c1-2-18-13-8-12(14-10-15-13)17-16-9-11-6-4-3-5-7-11/h3-10H,2H2,1H3,(H,14,15,17). The number of anilines is 1. The van der Waals surface area contributed by atoms with Crippen LogP contribution in [0, 0.1) is 0 Å². The summed E-state index contributed by atoms with van der Waals surface area (Å²) in [5.74, 6) is 1.13. The third-order valence-corrected chi connectivity index (χ3v) is 2.13. The average molecular weight is 242 g/mol. The van der Waals surface area contributed by atoms with E-state index in [4.69, 9.17) is 4.74 Å². The Balaban J connectivity index is 1.97. The summed E-state index contributed by atoms with van der Waals surface area (Å²) >= 11 is 0. The molecule has 1 aromatic heterocycles. The van der Waals surface area contributed by atoms with Crippen molar-refractivity contribution < 1.29 is 4.74 Å². The number of benzene rings is 1. The van der Waals surface area contributed by atoms with Crippen LogP contribution in [0.15, 0.2) is 47.8 Å². The highest BCUT2D eigenvalue weighted by Gasteiger charge is 1.96. The van der Waals surface area contributed by atoms with E-state index >= 15 is 0 Å². The van der Waals surface area contributed by atoms with Gasteiger partial charge >= 0.3 is 0 Å². The maximum absolute atomic E-state index is 5.27. The van der Waals surface area contributed by atoms with E-state index in [2.05, 4.69) is 20.5 Å². The third kappa shape index (κ3) is 3.55. The molecule has 2 aromatic rings. The molecule has 0 aliphatic carbocycles. The van der Waals surface area contributed by atoms with Gasteiger partial charge < -0.3 is 4.74 Å². The lowest BCUT2D eigenvalue weighted by molar-refractivity contribution is 0.326. The number of rotatable bonds is 5. The van der Waals surface area contributed by atoms with E-state index in [-0.39, 0.29) is 0 Å². The van der Waals surface area contributed by atoms with Gasteiger partial charge in [-0.1, -0.05) is 30.3 Å². The summed E-state index contributed by atoms with van der Waals surface area (Å²) in [4.78, 5) is 8.01. The highest BCUT2D eigenvalue weighted by molar-refractivity contribution is 5.79. The van der Waals surface area contributed by atoms with E-state index in [0.29, 0.717) is 18.3 Å². The van der Waals surface area contributed by atoms with Crippen LogP contribution in [0.5, 0.6) is 5.88 Å². The smallest absolute Gasteiger partial charge is 0.218 e. The monoisotopic (exact) mass is 242 g/mol. The topological polar surface area (TPSA) is 59.4 Å². The molecule has 1 N–H and O–H groups in total. The largest absolute Gasteiger partial charge is 0.478 e. The van der Waals surface area contributed by atoms with Gasteiger partial charge in [-0.15, -0.1) is 0 Å². The third-order valence-electron chi connectivity index (χ3n) is 2.13. The molecule has 0 spiro atoms. The molecule has 1 aromatic carbocycles. The summed E-state index contributed by atoms with van der Waals surface area (Å²) in [5, 5.41) is 4.09. The van der Waals surface area contributed by atoms with E-state index in [1.54, 1.807) is 12.3 Å². The summed E-state index contributed by atoms with van der Waals surface area (Å²) in [6, 6.07) is 11.5. The van der Waals surface area contributed by atoms with Crippen LogP contribution >= 0.6 is 0 Å². The van der Waals surface area contributed by atoms with Gasteiger partial charge in [0.25, 0.3) is 0 Å². The van der Waals surface area contributed by atoms with Crippen LogP contribution in [-0.4, -0.2) is 22.8 Å².